The molecule has 3 N–H and O–H groups in total. The Hall–Kier alpha value is -2.11. The van der Waals surface area contributed by atoms with Crippen molar-refractivity contribution in [3.8, 4) is 17.2 Å². The van der Waals surface area contributed by atoms with Crippen molar-refractivity contribution in [1.29, 1.82) is 0 Å². The van der Waals surface area contributed by atoms with Crippen molar-refractivity contribution in [2.75, 3.05) is 21.3 Å². The number of aliphatic imine (C=N–C) groups is 1. The first-order chi connectivity index (χ1) is 10.4. The second-order valence-electron chi connectivity index (χ2n) is 5.45. The van der Waals surface area contributed by atoms with Crippen LogP contribution in [0.25, 0.3) is 0 Å². The average molecular weight is 309 g/mol. The lowest BCUT2D eigenvalue weighted by atomic mass is 10.1. The number of rotatable bonds is 6. The maximum atomic E-state index is 9.91. The highest BCUT2D eigenvalue weighted by atomic mass is 16.5. The maximum Gasteiger partial charge on any atom is 0.200 e. The van der Waals surface area contributed by atoms with E-state index in [0.29, 0.717) is 30.0 Å². The van der Waals surface area contributed by atoms with Gasteiger partial charge in [0.1, 0.15) is 0 Å². The van der Waals surface area contributed by atoms with E-state index in [4.69, 9.17) is 9.47 Å². The maximum absolute atomic E-state index is 9.91. The number of nitrogens with one attached hydrogen (secondary N) is 2. The number of hydrogen-bond acceptors (Lipinski definition) is 4. The molecule has 0 spiro atoms. The van der Waals surface area contributed by atoms with Gasteiger partial charge in [-0.15, -0.1) is 0 Å². The fourth-order valence-corrected chi connectivity index (χ4v) is 1.81. The Balaban J connectivity index is 2.78. The number of phenols is 1. The molecule has 1 rings (SSSR count). The predicted molar refractivity (Wildman–Crippen MR) is 88.8 cm³/mol. The number of nitrogens with zero attached hydrogens (tertiary/aromatic N) is 1. The third-order valence-electron chi connectivity index (χ3n) is 3.59. The molecular formula is C16H27N3O3. The third-order valence-corrected chi connectivity index (χ3v) is 3.59. The van der Waals surface area contributed by atoms with E-state index in [-0.39, 0.29) is 5.75 Å². The highest BCUT2D eigenvalue weighted by molar-refractivity contribution is 5.80. The summed E-state index contributed by atoms with van der Waals surface area (Å²) in [6.45, 7) is 6.96. The topological polar surface area (TPSA) is 75.1 Å². The Morgan fingerprint density at radius 2 is 1.73 bits per heavy atom. The van der Waals surface area contributed by atoms with E-state index in [2.05, 4.69) is 36.4 Å². The third kappa shape index (κ3) is 4.72. The summed E-state index contributed by atoms with van der Waals surface area (Å²) in [6.07, 6.45) is 0. The van der Waals surface area contributed by atoms with Gasteiger partial charge in [0.2, 0.25) is 5.75 Å². The molecule has 0 aliphatic rings. The zero-order valence-corrected chi connectivity index (χ0v) is 14.2. The molecule has 1 unspecified atom stereocenters. The minimum atomic E-state index is 0.00434. The molecule has 6 nitrogen and oxygen atoms in total. The summed E-state index contributed by atoms with van der Waals surface area (Å²) in [5, 5.41) is 16.5. The lowest BCUT2D eigenvalue weighted by Crippen LogP contribution is -2.43. The number of phenolic OH excluding ortho intramolecular Hbond substituents is 1. The first-order valence-electron chi connectivity index (χ1n) is 7.34. The number of hydrogen-bond donors (Lipinski definition) is 3. The molecular weight excluding hydrogens is 282 g/mol. The average Bonchev–Trinajstić information content (AvgIpc) is 2.51. The van der Waals surface area contributed by atoms with E-state index < -0.39 is 0 Å². The van der Waals surface area contributed by atoms with E-state index in [1.165, 1.54) is 14.2 Å². The predicted octanol–water partition coefficient (Wildman–Crippen LogP) is 2.12. The molecule has 0 amide bonds. The molecule has 1 aromatic carbocycles. The lowest BCUT2D eigenvalue weighted by Gasteiger charge is -2.21. The molecule has 0 aliphatic heterocycles. The van der Waals surface area contributed by atoms with Gasteiger partial charge in [-0.05, 0) is 30.5 Å². The highest BCUT2D eigenvalue weighted by Gasteiger charge is 2.12. The van der Waals surface area contributed by atoms with Gasteiger partial charge in [0.25, 0.3) is 0 Å². The van der Waals surface area contributed by atoms with Crippen LogP contribution in [0.4, 0.5) is 0 Å². The first-order valence-corrected chi connectivity index (χ1v) is 7.34. The second-order valence-corrected chi connectivity index (χ2v) is 5.45. The summed E-state index contributed by atoms with van der Waals surface area (Å²) in [7, 11) is 4.76. The van der Waals surface area contributed by atoms with Gasteiger partial charge < -0.3 is 25.2 Å². The van der Waals surface area contributed by atoms with Crippen molar-refractivity contribution in [3.05, 3.63) is 17.7 Å². The van der Waals surface area contributed by atoms with Gasteiger partial charge in [0, 0.05) is 19.6 Å². The molecule has 0 aliphatic carbocycles. The Labute approximate surface area is 132 Å². The molecule has 0 saturated heterocycles. The van der Waals surface area contributed by atoms with Crippen LogP contribution in [0.2, 0.25) is 0 Å². The Bertz CT molecular complexity index is 490. The SMILES string of the molecule is CN=C(NCc1cc(OC)c(O)c(OC)c1)NC(C)C(C)C. The van der Waals surface area contributed by atoms with Crippen LogP contribution in [-0.2, 0) is 6.54 Å². The fraction of sp³-hybridized carbons (Fsp3) is 0.562. The first kappa shape index (κ1) is 17.9. The molecule has 0 fully saturated rings. The van der Waals surface area contributed by atoms with Crippen molar-refractivity contribution in [2.45, 2.75) is 33.4 Å². The van der Waals surface area contributed by atoms with Gasteiger partial charge in [-0.3, -0.25) is 4.99 Å². The Morgan fingerprint density at radius 3 is 2.14 bits per heavy atom. The van der Waals surface area contributed by atoms with Crippen LogP contribution < -0.4 is 20.1 Å². The highest BCUT2D eigenvalue weighted by Crippen LogP contribution is 2.36. The molecule has 0 saturated carbocycles. The number of benzene rings is 1. The van der Waals surface area contributed by atoms with Crippen LogP contribution in [0, 0.1) is 5.92 Å². The van der Waals surface area contributed by atoms with E-state index >= 15 is 0 Å². The van der Waals surface area contributed by atoms with Crippen molar-refractivity contribution in [1.82, 2.24) is 10.6 Å². The minimum Gasteiger partial charge on any atom is -0.502 e. The summed E-state index contributed by atoms with van der Waals surface area (Å²) in [4.78, 5) is 4.21. The smallest absolute Gasteiger partial charge is 0.200 e. The number of guanidine groups is 1. The zero-order chi connectivity index (χ0) is 16.7. The van der Waals surface area contributed by atoms with Gasteiger partial charge in [0.05, 0.1) is 14.2 Å². The van der Waals surface area contributed by atoms with Crippen LogP contribution in [0.3, 0.4) is 0 Å². The van der Waals surface area contributed by atoms with E-state index in [9.17, 15) is 5.11 Å². The summed E-state index contributed by atoms with van der Waals surface area (Å²) in [5.74, 6) is 2.01. The van der Waals surface area contributed by atoms with Crippen molar-refractivity contribution in [3.63, 3.8) is 0 Å². The summed E-state index contributed by atoms with van der Waals surface area (Å²) in [5.41, 5.74) is 0.923. The molecule has 0 aromatic heterocycles. The van der Waals surface area contributed by atoms with Crippen LogP contribution in [0.5, 0.6) is 17.2 Å². The van der Waals surface area contributed by atoms with Gasteiger partial charge in [0.15, 0.2) is 17.5 Å². The molecule has 1 atom stereocenters. The lowest BCUT2D eigenvalue weighted by molar-refractivity contribution is 0.339. The van der Waals surface area contributed by atoms with Crippen molar-refractivity contribution >= 4 is 5.96 Å². The molecule has 1 aromatic rings. The minimum absolute atomic E-state index is 0.00434. The van der Waals surface area contributed by atoms with Crippen molar-refractivity contribution in [2.24, 2.45) is 10.9 Å². The van der Waals surface area contributed by atoms with Crippen LogP contribution >= 0.6 is 0 Å². The largest absolute Gasteiger partial charge is 0.502 e. The van der Waals surface area contributed by atoms with Gasteiger partial charge in [-0.25, -0.2) is 0 Å². The molecule has 0 bridgehead atoms. The van der Waals surface area contributed by atoms with Gasteiger partial charge >= 0.3 is 0 Å². The summed E-state index contributed by atoms with van der Waals surface area (Å²) in [6, 6.07) is 3.85. The van der Waals surface area contributed by atoms with Gasteiger partial charge in [-0.2, -0.15) is 0 Å². The molecule has 0 heterocycles. The molecule has 6 heteroatoms. The van der Waals surface area contributed by atoms with E-state index in [0.717, 1.165) is 11.5 Å². The van der Waals surface area contributed by atoms with Gasteiger partial charge in [-0.1, -0.05) is 13.8 Å². The standard InChI is InChI=1S/C16H27N3O3/c1-10(2)11(3)19-16(17-4)18-9-12-7-13(21-5)15(20)14(8-12)22-6/h7-8,10-11,20H,9H2,1-6H3,(H2,17,18,19). The Kier molecular flexibility index (Phi) is 6.82. The number of methoxy groups -OCH3 is 2. The monoisotopic (exact) mass is 309 g/mol. The normalized spacial score (nSPS) is 13.0. The van der Waals surface area contributed by atoms with Crippen LogP contribution in [0.15, 0.2) is 17.1 Å². The summed E-state index contributed by atoms with van der Waals surface area (Å²) < 4.78 is 10.3. The molecule has 0 radical (unpaired) electrons. The fourth-order valence-electron chi connectivity index (χ4n) is 1.81. The Morgan fingerprint density at radius 1 is 1.18 bits per heavy atom. The summed E-state index contributed by atoms with van der Waals surface area (Å²) >= 11 is 0. The van der Waals surface area contributed by atoms with Crippen molar-refractivity contribution < 1.29 is 14.6 Å². The second kappa shape index (κ2) is 8.36. The number of ether oxygens (including phenoxy) is 2. The molecule has 124 valence electrons. The number of aromatic hydroxyl groups is 1. The van der Waals surface area contributed by atoms with E-state index in [1.807, 2.05) is 0 Å². The molecule has 22 heavy (non-hydrogen) atoms. The van der Waals surface area contributed by atoms with E-state index in [1.54, 1.807) is 19.2 Å². The van der Waals surface area contributed by atoms with Crippen LogP contribution in [-0.4, -0.2) is 38.4 Å². The quantitative estimate of drug-likeness (QED) is 0.554. The van der Waals surface area contributed by atoms with Crippen LogP contribution in [0.1, 0.15) is 26.3 Å². The zero-order valence-electron chi connectivity index (χ0n) is 14.2.